The highest BCUT2D eigenvalue weighted by molar-refractivity contribution is 7.10. The first-order chi connectivity index (χ1) is 16.3. The number of thiazole rings is 2. The molecule has 12 heteroatoms. The molecule has 34 heavy (non-hydrogen) atoms. The molecule has 2 fully saturated rings. The summed E-state index contributed by atoms with van der Waals surface area (Å²) >= 11 is 2.49. The van der Waals surface area contributed by atoms with E-state index in [1.165, 1.54) is 22.7 Å². The predicted molar refractivity (Wildman–Crippen MR) is 122 cm³/mol. The van der Waals surface area contributed by atoms with Crippen LogP contribution in [-0.4, -0.2) is 72.8 Å². The molecule has 4 atom stereocenters. The largest absolute Gasteiger partial charge is 0.480 e. The number of carbonyl (C=O) groups is 3. The average Bonchev–Trinajstić information content (AvgIpc) is 3.51. The number of fused-ring (bicyclic) bond motifs is 2. The first kappa shape index (κ1) is 22.7. The molecule has 0 aliphatic carbocycles. The van der Waals surface area contributed by atoms with Gasteiger partial charge in [0.25, 0.3) is 0 Å². The molecule has 5 heterocycles. The molecule has 2 aliphatic heterocycles. The lowest BCUT2D eigenvalue weighted by Gasteiger charge is -2.59. The molecular formula is C22H21N5O5S2. The monoisotopic (exact) mass is 499 g/mol. The van der Waals surface area contributed by atoms with Crippen molar-refractivity contribution in [3.63, 3.8) is 0 Å². The average molecular weight is 500 g/mol. The van der Waals surface area contributed by atoms with Crippen molar-refractivity contribution >= 4 is 40.4 Å². The molecule has 176 valence electrons. The van der Waals surface area contributed by atoms with Crippen molar-refractivity contribution in [2.75, 3.05) is 20.1 Å². The molecule has 5 rings (SSSR count). The summed E-state index contributed by atoms with van der Waals surface area (Å²) in [5.74, 6) is -3.53. The number of piperidine rings is 2. The smallest absolute Gasteiger partial charge is 0.320 e. The number of pyridine rings is 1. The number of carbonyl (C=O) groups excluding carboxylic acids is 1. The van der Waals surface area contributed by atoms with E-state index in [0.29, 0.717) is 15.7 Å². The number of nitrogens with zero attached hydrogens (tertiary/aromatic N) is 5. The highest BCUT2D eigenvalue weighted by Crippen LogP contribution is 2.60. The van der Waals surface area contributed by atoms with Crippen molar-refractivity contribution in [2.24, 2.45) is 10.8 Å². The molecule has 2 N–H and O–H groups in total. The van der Waals surface area contributed by atoms with Crippen molar-refractivity contribution in [1.29, 1.82) is 0 Å². The number of rotatable bonds is 6. The van der Waals surface area contributed by atoms with Gasteiger partial charge in [0.1, 0.15) is 10.0 Å². The molecule has 3 aromatic heterocycles. The third-order valence-corrected chi connectivity index (χ3v) is 8.41. The third kappa shape index (κ3) is 3.13. The topological polar surface area (TPSA) is 137 Å². The van der Waals surface area contributed by atoms with Crippen LogP contribution in [0, 0.1) is 10.8 Å². The zero-order chi connectivity index (χ0) is 24.1. The number of carboxylic acids is 2. The van der Waals surface area contributed by atoms with Gasteiger partial charge in [-0.3, -0.25) is 29.2 Å². The van der Waals surface area contributed by atoms with E-state index in [-0.39, 0.29) is 19.6 Å². The molecule has 4 unspecified atom stereocenters. The van der Waals surface area contributed by atoms with E-state index in [2.05, 4.69) is 15.0 Å². The van der Waals surface area contributed by atoms with Gasteiger partial charge in [-0.2, -0.15) is 0 Å². The molecule has 0 spiro atoms. The Morgan fingerprint density at radius 3 is 1.94 bits per heavy atom. The van der Waals surface area contributed by atoms with Gasteiger partial charge in [-0.25, -0.2) is 9.97 Å². The second kappa shape index (κ2) is 8.31. The lowest BCUT2D eigenvalue weighted by atomic mass is 9.55. The number of aromatic nitrogens is 3. The van der Waals surface area contributed by atoms with Crippen LogP contribution in [0.4, 0.5) is 0 Å². The standard InChI is InChI=1S/C22H21N5O5S2/c1-26-14(16-24-6-8-33-16)21(19(29)30)11-27(10-13-4-2-3-5-23-13)12-22(18(21)28,20(31)32)15(26)17-25-7-9-34-17/h2-9,14-15H,10-12H2,1H3,(H,29,30)(H,31,32). The van der Waals surface area contributed by atoms with Gasteiger partial charge < -0.3 is 10.2 Å². The number of ketones is 1. The van der Waals surface area contributed by atoms with Crippen molar-refractivity contribution in [3.8, 4) is 0 Å². The van der Waals surface area contributed by atoms with Crippen LogP contribution in [0.25, 0.3) is 0 Å². The first-order valence-electron chi connectivity index (χ1n) is 10.5. The number of carboxylic acid groups (broad SMARTS) is 2. The maximum absolute atomic E-state index is 14.2. The summed E-state index contributed by atoms with van der Waals surface area (Å²) in [6.45, 7) is -0.116. The van der Waals surface area contributed by atoms with Crippen LogP contribution in [0.3, 0.4) is 0 Å². The molecule has 2 aliphatic rings. The third-order valence-electron chi connectivity index (χ3n) is 6.75. The van der Waals surface area contributed by atoms with Crippen LogP contribution in [0.15, 0.2) is 47.5 Å². The van der Waals surface area contributed by atoms with E-state index in [1.54, 1.807) is 58.3 Å². The van der Waals surface area contributed by atoms with Gasteiger partial charge in [0, 0.05) is 49.0 Å². The van der Waals surface area contributed by atoms with Gasteiger partial charge in [0.05, 0.1) is 17.8 Å². The van der Waals surface area contributed by atoms with Crippen molar-refractivity contribution < 1.29 is 24.6 Å². The molecule has 0 aromatic carbocycles. The summed E-state index contributed by atoms with van der Waals surface area (Å²) < 4.78 is 0. The van der Waals surface area contributed by atoms with Gasteiger partial charge in [0.2, 0.25) is 0 Å². The summed E-state index contributed by atoms with van der Waals surface area (Å²) in [6, 6.07) is 3.43. The molecule has 0 amide bonds. The fourth-order valence-electron chi connectivity index (χ4n) is 5.47. The Bertz CT molecular complexity index is 1150. The molecule has 3 aromatic rings. The van der Waals surface area contributed by atoms with Gasteiger partial charge in [-0.05, 0) is 19.2 Å². The minimum absolute atomic E-state index is 0.161. The van der Waals surface area contributed by atoms with E-state index >= 15 is 0 Å². The van der Waals surface area contributed by atoms with Crippen molar-refractivity contribution in [1.82, 2.24) is 24.8 Å². The SMILES string of the molecule is CN1C(c2nccs2)C2(C(=O)O)CN(Cc3ccccn3)CC(C(=O)O)(C2=O)C1c1nccs1. The number of aliphatic carboxylic acids is 2. The summed E-state index contributed by atoms with van der Waals surface area (Å²) in [6.07, 6.45) is 4.73. The number of likely N-dealkylation sites (tertiary alicyclic amines) is 2. The van der Waals surface area contributed by atoms with Crippen LogP contribution in [0.5, 0.6) is 0 Å². The van der Waals surface area contributed by atoms with Gasteiger partial charge in [-0.1, -0.05) is 6.07 Å². The molecule has 10 nitrogen and oxygen atoms in total. The molecule has 2 bridgehead atoms. The fraction of sp³-hybridized carbons (Fsp3) is 0.364. The highest BCUT2D eigenvalue weighted by atomic mass is 32.1. The molecule has 0 saturated carbocycles. The first-order valence-corrected chi connectivity index (χ1v) is 12.2. The van der Waals surface area contributed by atoms with Gasteiger partial charge in [0.15, 0.2) is 16.6 Å². The van der Waals surface area contributed by atoms with Crippen LogP contribution >= 0.6 is 22.7 Å². The van der Waals surface area contributed by atoms with Gasteiger partial charge in [-0.15, -0.1) is 22.7 Å². The number of hydrogen-bond acceptors (Lipinski definition) is 10. The Hall–Kier alpha value is -3.06. The Kier molecular flexibility index (Phi) is 5.55. The summed E-state index contributed by atoms with van der Waals surface area (Å²) in [5, 5.41) is 25.5. The maximum atomic E-state index is 14.2. The van der Waals surface area contributed by atoms with E-state index in [9.17, 15) is 24.6 Å². The summed E-state index contributed by atoms with van der Waals surface area (Å²) in [7, 11) is 1.66. The molecule has 2 saturated heterocycles. The van der Waals surface area contributed by atoms with Crippen molar-refractivity contribution in [3.05, 3.63) is 63.3 Å². The molecule has 0 radical (unpaired) electrons. The maximum Gasteiger partial charge on any atom is 0.320 e. The second-order valence-corrected chi connectivity index (χ2v) is 10.4. The number of hydrogen-bond donors (Lipinski definition) is 2. The summed E-state index contributed by atoms with van der Waals surface area (Å²) in [5.41, 5.74) is -3.42. The Labute approximate surface area is 202 Å². The van der Waals surface area contributed by atoms with Crippen LogP contribution in [-0.2, 0) is 20.9 Å². The lowest BCUT2D eigenvalue weighted by Crippen LogP contribution is -2.75. The van der Waals surface area contributed by atoms with Crippen molar-refractivity contribution in [2.45, 2.75) is 18.6 Å². The fourth-order valence-corrected chi connectivity index (χ4v) is 7.23. The minimum Gasteiger partial charge on any atom is -0.480 e. The number of Topliss-reactive ketones (excluding diaryl/α,β-unsaturated/α-hetero) is 1. The lowest BCUT2D eigenvalue weighted by molar-refractivity contribution is -0.201. The Morgan fingerprint density at radius 1 is 0.971 bits per heavy atom. The van der Waals surface area contributed by atoms with E-state index in [4.69, 9.17) is 0 Å². The van der Waals surface area contributed by atoms with Crippen LogP contribution in [0.1, 0.15) is 27.8 Å². The zero-order valence-corrected chi connectivity index (χ0v) is 19.7. The predicted octanol–water partition coefficient (Wildman–Crippen LogP) is 1.95. The minimum atomic E-state index is -2.04. The van der Waals surface area contributed by atoms with E-state index in [1.807, 2.05) is 6.07 Å². The summed E-state index contributed by atoms with van der Waals surface area (Å²) in [4.78, 5) is 56.6. The second-order valence-electron chi connectivity index (χ2n) is 8.56. The Morgan fingerprint density at radius 2 is 1.53 bits per heavy atom. The van der Waals surface area contributed by atoms with Crippen LogP contribution in [0.2, 0.25) is 0 Å². The normalized spacial score (nSPS) is 29.7. The van der Waals surface area contributed by atoms with Gasteiger partial charge >= 0.3 is 11.9 Å². The zero-order valence-electron chi connectivity index (χ0n) is 18.1. The highest BCUT2D eigenvalue weighted by Gasteiger charge is 2.75. The van der Waals surface area contributed by atoms with Crippen LogP contribution < -0.4 is 0 Å². The Balaban J connectivity index is 1.75. The quantitative estimate of drug-likeness (QED) is 0.484. The molecular weight excluding hydrogens is 478 g/mol. The van der Waals surface area contributed by atoms with E-state index in [0.717, 1.165) is 0 Å². The van der Waals surface area contributed by atoms with E-state index < -0.39 is 40.6 Å².